The lowest BCUT2D eigenvalue weighted by Gasteiger charge is -2.20. The van der Waals surface area contributed by atoms with Crippen molar-refractivity contribution in [1.82, 2.24) is 0 Å². The van der Waals surface area contributed by atoms with Crippen molar-refractivity contribution in [2.75, 3.05) is 12.4 Å². The molecule has 1 atom stereocenters. The van der Waals surface area contributed by atoms with E-state index < -0.39 is 11.7 Å². The molecule has 0 aromatic heterocycles. The van der Waals surface area contributed by atoms with Gasteiger partial charge in [-0.1, -0.05) is 18.2 Å². The highest BCUT2D eigenvalue weighted by atomic mass is 16.6. The van der Waals surface area contributed by atoms with E-state index in [9.17, 15) is 4.79 Å². The Morgan fingerprint density at radius 2 is 2.05 bits per heavy atom. The normalized spacial score (nSPS) is 13.0. The number of carbonyl (C=O) groups excluding carboxylic acids is 1. The monoisotopic (exact) mass is 292 g/mol. The predicted octanol–water partition coefficient (Wildman–Crippen LogP) is 3.40. The first-order chi connectivity index (χ1) is 9.71. The molecule has 1 unspecified atom stereocenters. The Balaban J connectivity index is 2.86. The Labute approximate surface area is 126 Å². The number of amides is 1. The number of carbonyl (C=O) groups is 1. The summed E-state index contributed by atoms with van der Waals surface area (Å²) in [6.45, 7) is 7.33. The second kappa shape index (κ2) is 7.13. The zero-order valence-corrected chi connectivity index (χ0v) is 13.3. The minimum absolute atomic E-state index is 0.0180. The highest BCUT2D eigenvalue weighted by Gasteiger charge is 2.17. The van der Waals surface area contributed by atoms with E-state index in [0.717, 1.165) is 5.56 Å². The molecular weight excluding hydrogens is 268 g/mol. The van der Waals surface area contributed by atoms with Gasteiger partial charge >= 0.3 is 6.09 Å². The van der Waals surface area contributed by atoms with E-state index in [2.05, 4.69) is 5.32 Å². The lowest BCUT2D eigenvalue weighted by molar-refractivity contribution is 0.0635. The molecule has 1 aromatic rings. The van der Waals surface area contributed by atoms with Crippen LogP contribution in [0.2, 0.25) is 0 Å². The zero-order chi connectivity index (χ0) is 16.0. The molecule has 0 aliphatic carbocycles. The fourth-order valence-electron chi connectivity index (χ4n) is 1.59. The third kappa shape index (κ3) is 6.31. The maximum atomic E-state index is 11.8. The maximum absolute atomic E-state index is 11.8. The van der Waals surface area contributed by atoms with Gasteiger partial charge in [-0.05, 0) is 45.4 Å². The van der Waals surface area contributed by atoms with Crippen LogP contribution in [-0.2, 0) is 4.74 Å². The van der Waals surface area contributed by atoms with E-state index in [1.165, 1.54) is 0 Å². The Kier molecular flexibility index (Phi) is 5.79. The van der Waals surface area contributed by atoms with Crippen LogP contribution in [0.1, 0.15) is 33.3 Å². The van der Waals surface area contributed by atoms with Crippen LogP contribution < -0.4 is 15.8 Å². The second-order valence-corrected chi connectivity index (χ2v) is 5.80. The minimum atomic E-state index is -0.544. The number of hydrogen-bond acceptors (Lipinski definition) is 4. The molecule has 0 aliphatic rings. The number of ether oxygens (including phenoxy) is 2. The van der Waals surface area contributed by atoms with Gasteiger partial charge in [-0.25, -0.2) is 4.79 Å². The molecule has 0 saturated heterocycles. The van der Waals surface area contributed by atoms with E-state index in [4.69, 9.17) is 15.2 Å². The number of anilines is 1. The molecule has 0 aliphatic heterocycles. The molecule has 0 heterocycles. The number of benzene rings is 1. The quantitative estimate of drug-likeness (QED) is 0.892. The van der Waals surface area contributed by atoms with E-state index in [1.54, 1.807) is 13.2 Å². The molecular formula is C16H24N2O3. The predicted molar refractivity (Wildman–Crippen MR) is 85.5 cm³/mol. The first kappa shape index (κ1) is 17.0. The van der Waals surface area contributed by atoms with Crippen molar-refractivity contribution < 1.29 is 14.3 Å². The van der Waals surface area contributed by atoms with Gasteiger partial charge in [0.25, 0.3) is 0 Å². The minimum Gasteiger partial charge on any atom is -0.495 e. The molecule has 0 fully saturated rings. The number of rotatable bonds is 4. The van der Waals surface area contributed by atoms with Crippen molar-refractivity contribution in [1.29, 1.82) is 0 Å². The summed E-state index contributed by atoms with van der Waals surface area (Å²) in [5.41, 5.74) is 6.63. The van der Waals surface area contributed by atoms with Gasteiger partial charge in [0.2, 0.25) is 0 Å². The van der Waals surface area contributed by atoms with Gasteiger partial charge in [0, 0.05) is 6.04 Å². The van der Waals surface area contributed by atoms with Crippen LogP contribution >= 0.6 is 0 Å². The fourth-order valence-corrected chi connectivity index (χ4v) is 1.59. The average molecular weight is 292 g/mol. The van der Waals surface area contributed by atoms with E-state index in [1.807, 2.05) is 52.0 Å². The lowest BCUT2D eigenvalue weighted by atomic mass is 10.1. The van der Waals surface area contributed by atoms with Gasteiger partial charge in [0.1, 0.15) is 11.4 Å². The smallest absolute Gasteiger partial charge is 0.412 e. The van der Waals surface area contributed by atoms with Crippen LogP contribution in [0.5, 0.6) is 5.75 Å². The number of nitrogens with one attached hydrogen (secondary N) is 1. The second-order valence-electron chi connectivity index (χ2n) is 5.80. The number of methoxy groups -OCH3 is 1. The van der Waals surface area contributed by atoms with Crippen LogP contribution in [0.3, 0.4) is 0 Å². The van der Waals surface area contributed by atoms with Crippen LogP contribution in [0.25, 0.3) is 6.08 Å². The van der Waals surface area contributed by atoms with Gasteiger partial charge in [0.05, 0.1) is 12.8 Å². The Morgan fingerprint density at radius 1 is 1.38 bits per heavy atom. The van der Waals surface area contributed by atoms with E-state index >= 15 is 0 Å². The van der Waals surface area contributed by atoms with Crippen molar-refractivity contribution in [3.8, 4) is 5.75 Å². The Hall–Kier alpha value is -2.01. The van der Waals surface area contributed by atoms with Crippen LogP contribution in [0.15, 0.2) is 24.3 Å². The summed E-state index contributed by atoms with van der Waals surface area (Å²) in [4.78, 5) is 11.8. The van der Waals surface area contributed by atoms with Crippen LogP contribution in [0.4, 0.5) is 10.5 Å². The highest BCUT2D eigenvalue weighted by Crippen LogP contribution is 2.26. The van der Waals surface area contributed by atoms with Gasteiger partial charge in [0.15, 0.2) is 0 Å². The number of nitrogens with two attached hydrogens (primary N) is 1. The third-order valence-electron chi connectivity index (χ3n) is 2.45. The number of hydrogen-bond donors (Lipinski definition) is 2. The molecule has 0 radical (unpaired) electrons. The summed E-state index contributed by atoms with van der Waals surface area (Å²) in [6, 6.07) is 5.44. The van der Waals surface area contributed by atoms with Gasteiger partial charge in [-0.2, -0.15) is 0 Å². The molecule has 1 aromatic carbocycles. The topological polar surface area (TPSA) is 73.6 Å². The van der Waals surface area contributed by atoms with Gasteiger partial charge in [-0.15, -0.1) is 0 Å². The van der Waals surface area contributed by atoms with Crippen molar-refractivity contribution in [3.05, 3.63) is 29.8 Å². The summed E-state index contributed by atoms with van der Waals surface area (Å²) in [6.07, 6.45) is 3.28. The van der Waals surface area contributed by atoms with Crippen molar-refractivity contribution in [2.24, 2.45) is 5.73 Å². The first-order valence-electron chi connectivity index (χ1n) is 6.83. The standard InChI is InChI=1S/C16H24N2O3/c1-11(17)6-7-12-8-9-13(14(10-12)20-5)18-15(19)21-16(2,3)4/h6-11H,17H2,1-5H3,(H,18,19)/b7-6+. The van der Waals surface area contributed by atoms with Crippen molar-refractivity contribution in [2.45, 2.75) is 39.3 Å². The van der Waals surface area contributed by atoms with Gasteiger partial charge < -0.3 is 15.2 Å². The summed E-state index contributed by atoms with van der Waals surface area (Å²) >= 11 is 0. The molecule has 5 heteroatoms. The molecule has 0 spiro atoms. The van der Waals surface area contributed by atoms with E-state index in [0.29, 0.717) is 11.4 Å². The maximum Gasteiger partial charge on any atom is 0.412 e. The summed E-state index contributed by atoms with van der Waals surface area (Å²) in [7, 11) is 1.55. The average Bonchev–Trinajstić information content (AvgIpc) is 2.35. The molecule has 0 saturated carbocycles. The molecule has 1 rings (SSSR count). The Morgan fingerprint density at radius 3 is 2.57 bits per heavy atom. The molecule has 21 heavy (non-hydrogen) atoms. The third-order valence-corrected chi connectivity index (χ3v) is 2.45. The molecule has 3 N–H and O–H groups in total. The largest absolute Gasteiger partial charge is 0.495 e. The lowest BCUT2D eigenvalue weighted by Crippen LogP contribution is -2.27. The van der Waals surface area contributed by atoms with E-state index in [-0.39, 0.29) is 6.04 Å². The molecule has 1 amide bonds. The van der Waals surface area contributed by atoms with Crippen molar-refractivity contribution >= 4 is 17.9 Å². The molecule has 0 bridgehead atoms. The van der Waals surface area contributed by atoms with Gasteiger partial charge in [-0.3, -0.25) is 5.32 Å². The highest BCUT2D eigenvalue weighted by molar-refractivity contribution is 5.87. The Bertz CT molecular complexity index is 517. The summed E-state index contributed by atoms with van der Waals surface area (Å²) < 4.78 is 10.5. The fraction of sp³-hybridized carbons (Fsp3) is 0.438. The molecule has 5 nitrogen and oxygen atoms in total. The SMILES string of the molecule is COc1cc(/C=C/C(C)N)ccc1NC(=O)OC(C)(C)C. The van der Waals surface area contributed by atoms with Crippen LogP contribution in [0, 0.1) is 0 Å². The summed E-state index contributed by atoms with van der Waals surface area (Å²) in [5.74, 6) is 0.563. The summed E-state index contributed by atoms with van der Waals surface area (Å²) in [5, 5.41) is 2.68. The van der Waals surface area contributed by atoms with Crippen LogP contribution in [-0.4, -0.2) is 24.8 Å². The molecule has 116 valence electrons. The first-order valence-corrected chi connectivity index (χ1v) is 6.83. The van der Waals surface area contributed by atoms with Crippen molar-refractivity contribution in [3.63, 3.8) is 0 Å². The zero-order valence-electron chi connectivity index (χ0n) is 13.3.